The van der Waals surface area contributed by atoms with E-state index in [0.717, 1.165) is 6.42 Å². The number of carbonyl (C=O) groups is 1. The molecule has 0 aliphatic rings. The van der Waals surface area contributed by atoms with Gasteiger partial charge in [0.1, 0.15) is 6.26 Å². The maximum absolute atomic E-state index is 11.6. The van der Waals surface area contributed by atoms with Crippen LogP contribution in [-0.4, -0.2) is 16.3 Å². The van der Waals surface area contributed by atoms with Crippen LogP contribution in [0.2, 0.25) is 0 Å². The van der Waals surface area contributed by atoms with Crippen molar-refractivity contribution < 1.29 is 9.21 Å². The lowest BCUT2D eigenvalue weighted by Crippen LogP contribution is -2.44. The average Bonchev–Trinajstić information content (AvgIpc) is 2.54. The van der Waals surface area contributed by atoms with E-state index in [1.807, 2.05) is 6.92 Å². The third-order valence-corrected chi connectivity index (χ3v) is 1.91. The van der Waals surface area contributed by atoms with Crippen LogP contribution >= 0.6 is 0 Å². The van der Waals surface area contributed by atoms with E-state index < -0.39 is 5.54 Å². The highest BCUT2D eigenvalue weighted by molar-refractivity contribution is 5.99. The summed E-state index contributed by atoms with van der Waals surface area (Å²) in [4.78, 5) is 15.4. The summed E-state index contributed by atoms with van der Waals surface area (Å²) in [6, 6.07) is 0. The largest absolute Gasteiger partial charge is 0.442 e. The Balaban J connectivity index is 2.78. The van der Waals surface area contributed by atoms with Crippen molar-refractivity contribution in [2.45, 2.75) is 32.2 Å². The molecule has 0 aliphatic carbocycles. The smallest absolute Gasteiger partial charge is 0.265 e. The Morgan fingerprint density at radius 1 is 1.77 bits per heavy atom. The molecule has 0 aromatic carbocycles. The SMILES string of the molecule is CCC[C@](C)(N)C(=O)c1ncco1. The predicted molar refractivity (Wildman–Crippen MR) is 48.3 cm³/mol. The number of hydrogen-bond acceptors (Lipinski definition) is 4. The van der Waals surface area contributed by atoms with E-state index >= 15 is 0 Å². The predicted octanol–water partition coefficient (Wildman–Crippen LogP) is 1.37. The van der Waals surface area contributed by atoms with Gasteiger partial charge in [0.25, 0.3) is 5.89 Å². The van der Waals surface area contributed by atoms with Crippen molar-refractivity contribution in [2.75, 3.05) is 0 Å². The minimum Gasteiger partial charge on any atom is -0.442 e. The van der Waals surface area contributed by atoms with Gasteiger partial charge in [-0.05, 0) is 13.3 Å². The van der Waals surface area contributed by atoms with Crippen LogP contribution in [0.1, 0.15) is 37.4 Å². The Labute approximate surface area is 77.1 Å². The third kappa shape index (κ3) is 2.15. The first-order valence-corrected chi connectivity index (χ1v) is 4.31. The van der Waals surface area contributed by atoms with Crippen molar-refractivity contribution in [2.24, 2.45) is 5.73 Å². The highest BCUT2D eigenvalue weighted by atomic mass is 16.3. The molecule has 1 aromatic rings. The fraction of sp³-hybridized carbons (Fsp3) is 0.556. The van der Waals surface area contributed by atoms with Crippen LogP contribution in [0.4, 0.5) is 0 Å². The third-order valence-electron chi connectivity index (χ3n) is 1.91. The molecule has 1 atom stereocenters. The van der Waals surface area contributed by atoms with Crippen molar-refractivity contribution >= 4 is 5.78 Å². The molecule has 1 rings (SSSR count). The molecule has 0 radical (unpaired) electrons. The molecule has 0 saturated carbocycles. The van der Waals surface area contributed by atoms with Crippen LogP contribution in [0.3, 0.4) is 0 Å². The molecule has 0 unspecified atom stereocenters. The number of nitrogens with zero attached hydrogens (tertiary/aromatic N) is 1. The lowest BCUT2D eigenvalue weighted by molar-refractivity contribution is 0.0857. The summed E-state index contributed by atoms with van der Waals surface area (Å²) < 4.78 is 4.89. The van der Waals surface area contributed by atoms with Gasteiger partial charge < -0.3 is 10.2 Å². The van der Waals surface area contributed by atoms with Crippen LogP contribution < -0.4 is 5.73 Å². The van der Waals surface area contributed by atoms with Crippen LogP contribution in [0.5, 0.6) is 0 Å². The monoisotopic (exact) mass is 182 g/mol. The number of aromatic nitrogens is 1. The Kier molecular flexibility index (Phi) is 2.83. The number of nitrogens with two attached hydrogens (primary N) is 1. The fourth-order valence-corrected chi connectivity index (χ4v) is 1.21. The summed E-state index contributed by atoms with van der Waals surface area (Å²) in [6.07, 6.45) is 4.30. The summed E-state index contributed by atoms with van der Waals surface area (Å²) in [5.74, 6) is -0.141. The zero-order valence-corrected chi connectivity index (χ0v) is 7.91. The van der Waals surface area contributed by atoms with E-state index in [0.29, 0.717) is 6.42 Å². The van der Waals surface area contributed by atoms with Crippen molar-refractivity contribution in [1.29, 1.82) is 0 Å². The van der Waals surface area contributed by atoms with E-state index in [2.05, 4.69) is 4.98 Å². The molecule has 4 heteroatoms. The zero-order valence-electron chi connectivity index (χ0n) is 7.91. The Hall–Kier alpha value is -1.16. The van der Waals surface area contributed by atoms with Crippen LogP contribution in [0.15, 0.2) is 16.9 Å². The highest BCUT2D eigenvalue weighted by Gasteiger charge is 2.31. The highest BCUT2D eigenvalue weighted by Crippen LogP contribution is 2.14. The van der Waals surface area contributed by atoms with Crippen LogP contribution in [0, 0.1) is 0 Å². The van der Waals surface area contributed by atoms with Gasteiger partial charge in [-0.1, -0.05) is 13.3 Å². The molecule has 0 spiro atoms. The number of rotatable bonds is 4. The molecule has 0 amide bonds. The first-order chi connectivity index (χ1) is 6.08. The number of ketones is 1. The van der Waals surface area contributed by atoms with Gasteiger partial charge in [-0.15, -0.1) is 0 Å². The minimum absolute atomic E-state index is 0.0958. The second kappa shape index (κ2) is 3.70. The lowest BCUT2D eigenvalue weighted by atomic mass is 9.92. The fourth-order valence-electron chi connectivity index (χ4n) is 1.21. The normalized spacial score (nSPS) is 15.3. The van der Waals surface area contributed by atoms with E-state index in [-0.39, 0.29) is 11.7 Å². The van der Waals surface area contributed by atoms with Crippen molar-refractivity contribution in [3.63, 3.8) is 0 Å². The van der Waals surface area contributed by atoms with Gasteiger partial charge in [-0.3, -0.25) is 4.79 Å². The molecule has 72 valence electrons. The summed E-state index contributed by atoms with van der Waals surface area (Å²) in [7, 11) is 0. The number of oxazole rings is 1. The molecular formula is C9H14N2O2. The van der Waals surface area contributed by atoms with E-state index in [9.17, 15) is 4.79 Å². The summed E-state index contributed by atoms with van der Waals surface area (Å²) >= 11 is 0. The number of hydrogen-bond donors (Lipinski definition) is 1. The van der Waals surface area contributed by atoms with E-state index in [1.54, 1.807) is 6.92 Å². The maximum Gasteiger partial charge on any atom is 0.265 e. The van der Waals surface area contributed by atoms with Gasteiger partial charge in [-0.25, -0.2) is 4.98 Å². The van der Waals surface area contributed by atoms with Gasteiger partial charge >= 0.3 is 0 Å². The molecule has 0 bridgehead atoms. The van der Waals surface area contributed by atoms with Gasteiger partial charge in [-0.2, -0.15) is 0 Å². The molecule has 0 fully saturated rings. The molecule has 13 heavy (non-hydrogen) atoms. The van der Waals surface area contributed by atoms with Gasteiger partial charge in [0.15, 0.2) is 0 Å². The lowest BCUT2D eigenvalue weighted by Gasteiger charge is -2.19. The second-order valence-corrected chi connectivity index (χ2v) is 3.33. The molecule has 2 N–H and O–H groups in total. The summed E-state index contributed by atoms with van der Waals surface area (Å²) in [5, 5.41) is 0. The second-order valence-electron chi connectivity index (χ2n) is 3.33. The van der Waals surface area contributed by atoms with Crippen LogP contribution in [-0.2, 0) is 0 Å². The molecular weight excluding hydrogens is 168 g/mol. The van der Waals surface area contributed by atoms with Gasteiger partial charge in [0.2, 0.25) is 5.78 Å². The Bertz CT molecular complexity index is 278. The average molecular weight is 182 g/mol. The number of Topliss-reactive ketones (excluding diaryl/α,β-unsaturated/α-hetero) is 1. The number of carbonyl (C=O) groups excluding carboxylic acids is 1. The first-order valence-electron chi connectivity index (χ1n) is 4.31. The van der Waals surface area contributed by atoms with Gasteiger partial charge in [0, 0.05) is 0 Å². The Morgan fingerprint density at radius 3 is 2.92 bits per heavy atom. The molecule has 4 nitrogen and oxygen atoms in total. The topological polar surface area (TPSA) is 69.1 Å². The summed E-state index contributed by atoms with van der Waals surface area (Å²) in [6.45, 7) is 3.68. The van der Waals surface area contributed by atoms with E-state index in [1.165, 1.54) is 12.5 Å². The van der Waals surface area contributed by atoms with Crippen molar-refractivity contribution in [3.05, 3.63) is 18.4 Å². The standard InChI is InChI=1S/C9H14N2O2/c1-3-4-9(2,10)7(12)8-11-5-6-13-8/h5-6H,3-4,10H2,1-2H3/t9-/m0/s1. The molecule has 0 saturated heterocycles. The quantitative estimate of drug-likeness (QED) is 0.714. The van der Waals surface area contributed by atoms with Crippen molar-refractivity contribution in [1.82, 2.24) is 4.98 Å². The minimum atomic E-state index is -0.862. The Morgan fingerprint density at radius 2 is 2.46 bits per heavy atom. The summed E-state index contributed by atoms with van der Waals surface area (Å²) in [5.41, 5.74) is 4.95. The molecule has 1 aromatic heterocycles. The van der Waals surface area contributed by atoms with Gasteiger partial charge in [0.05, 0.1) is 11.7 Å². The van der Waals surface area contributed by atoms with Crippen LogP contribution in [0.25, 0.3) is 0 Å². The molecule has 0 aliphatic heterocycles. The molecule has 1 heterocycles. The van der Waals surface area contributed by atoms with Crippen molar-refractivity contribution in [3.8, 4) is 0 Å². The zero-order chi connectivity index (χ0) is 9.90. The van der Waals surface area contributed by atoms with E-state index in [4.69, 9.17) is 10.2 Å². The maximum atomic E-state index is 11.6. The first kappa shape index (κ1) is 9.92.